The second kappa shape index (κ2) is 9.57. The molecular formula is C24H24N4O3S. The Bertz CT molecular complexity index is 1200. The van der Waals surface area contributed by atoms with Crippen LogP contribution in [0.1, 0.15) is 43.1 Å². The van der Waals surface area contributed by atoms with Crippen LogP contribution in [0.15, 0.2) is 30.6 Å². The lowest BCUT2D eigenvalue weighted by atomic mass is 9.96. The minimum absolute atomic E-state index is 0.0769. The highest BCUT2D eigenvalue weighted by Crippen LogP contribution is 2.28. The summed E-state index contributed by atoms with van der Waals surface area (Å²) in [5.41, 5.74) is 6.16. The molecule has 0 amide bonds. The first kappa shape index (κ1) is 22.1. The Morgan fingerprint density at radius 2 is 2.09 bits per heavy atom. The van der Waals surface area contributed by atoms with Gasteiger partial charge < -0.3 is 9.84 Å². The number of hydrogen-bond acceptors (Lipinski definition) is 8. The highest BCUT2D eigenvalue weighted by atomic mass is 32.1. The second-order valence-electron chi connectivity index (χ2n) is 7.83. The van der Waals surface area contributed by atoms with Gasteiger partial charge in [0.15, 0.2) is 0 Å². The van der Waals surface area contributed by atoms with Gasteiger partial charge in [-0.05, 0) is 49.1 Å². The molecule has 164 valence electrons. The maximum absolute atomic E-state index is 11.8. The smallest absolute Gasteiger partial charge is 0.338 e. The van der Waals surface area contributed by atoms with Gasteiger partial charge in [0.05, 0.1) is 23.4 Å². The van der Waals surface area contributed by atoms with Crippen LogP contribution in [0.2, 0.25) is 0 Å². The van der Waals surface area contributed by atoms with Gasteiger partial charge in [-0.2, -0.15) is 5.26 Å². The molecule has 1 aliphatic heterocycles. The SMILES string of the molecule is Cc1cc(-c2ncc(CN(CCO)CCc3ccc4c(c3C)COC4=O)s2)ncc1C#N. The molecular weight excluding hydrogens is 424 g/mol. The zero-order valence-electron chi connectivity index (χ0n) is 18.1. The fraction of sp³-hybridized carbons (Fsp3) is 0.333. The number of carbonyl (C=O) groups is 1. The maximum Gasteiger partial charge on any atom is 0.338 e. The van der Waals surface area contributed by atoms with Gasteiger partial charge in [-0.15, -0.1) is 11.3 Å². The van der Waals surface area contributed by atoms with E-state index < -0.39 is 0 Å². The van der Waals surface area contributed by atoms with Gasteiger partial charge in [0.25, 0.3) is 0 Å². The van der Waals surface area contributed by atoms with E-state index in [9.17, 15) is 9.90 Å². The highest BCUT2D eigenvalue weighted by molar-refractivity contribution is 7.14. The number of esters is 1. The first-order valence-electron chi connectivity index (χ1n) is 10.4. The monoisotopic (exact) mass is 448 g/mol. The van der Waals surface area contributed by atoms with Crippen LogP contribution in [0.3, 0.4) is 0 Å². The molecule has 1 aliphatic rings. The number of hydrogen-bond donors (Lipinski definition) is 1. The number of thiazole rings is 1. The molecule has 1 aromatic carbocycles. The van der Waals surface area contributed by atoms with Crippen LogP contribution >= 0.6 is 11.3 Å². The Morgan fingerprint density at radius 1 is 1.25 bits per heavy atom. The normalized spacial score (nSPS) is 12.7. The third-order valence-electron chi connectivity index (χ3n) is 5.78. The Labute approximate surface area is 190 Å². The van der Waals surface area contributed by atoms with E-state index >= 15 is 0 Å². The van der Waals surface area contributed by atoms with Gasteiger partial charge in [-0.25, -0.2) is 9.78 Å². The van der Waals surface area contributed by atoms with Crippen molar-refractivity contribution >= 4 is 17.3 Å². The minimum Gasteiger partial charge on any atom is -0.457 e. The van der Waals surface area contributed by atoms with Gasteiger partial charge in [0.1, 0.15) is 17.7 Å². The predicted octanol–water partition coefficient (Wildman–Crippen LogP) is 3.40. The van der Waals surface area contributed by atoms with Crippen LogP contribution in [0.5, 0.6) is 0 Å². The van der Waals surface area contributed by atoms with Crippen LogP contribution in [0, 0.1) is 25.2 Å². The standard InChI is InChI=1S/C24H24N4O3S/c1-15-9-22(26-11-18(15)10-25)23-27-12-19(32-23)13-28(7-8-29)6-5-17-3-4-20-21(16(17)2)14-31-24(20)30/h3-4,9,11-12,29H,5-8,13-14H2,1-2H3. The van der Waals surface area contributed by atoms with Crippen molar-refractivity contribution in [3.05, 3.63) is 68.9 Å². The summed E-state index contributed by atoms with van der Waals surface area (Å²) in [6.07, 6.45) is 4.25. The highest BCUT2D eigenvalue weighted by Gasteiger charge is 2.24. The molecule has 7 nitrogen and oxygen atoms in total. The van der Waals surface area contributed by atoms with E-state index in [-0.39, 0.29) is 12.6 Å². The van der Waals surface area contributed by atoms with Crippen LogP contribution < -0.4 is 0 Å². The predicted molar refractivity (Wildman–Crippen MR) is 121 cm³/mol. The molecule has 0 spiro atoms. The molecule has 0 fully saturated rings. The molecule has 0 saturated carbocycles. The molecule has 0 bridgehead atoms. The number of aryl methyl sites for hydroxylation is 1. The molecule has 0 unspecified atom stereocenters. The van der Waals surface area contributed by atoms with Gasteiger partial charge in [0, 0.05) is 42.5 Å². The van der Waals surface area contributed by atoms with Crippen molar-refractivity contribution in [3.63, 3.8) is 0 Å². The summed E-state index contributed by atoms with van der Waals surface area (Å²) >= 11 is 1.57. The molecule has 0 atom stereocenters. The quantitative estimate of drug-likeness (QED) is 0.527. The van der Waals surface area contributed by atoms with Gasteiger partial charge >= 0.3 is 5.97 Å². The summed E-state index contributed by atoms with van der Waals surface area (Å²) in [7, 11) is 0. The van der Waals surface area contributed by atoms with Gasteiger partial charge in [-0.1, -0.05) is 6.07 Å². The van der Waals surface area contributed by atoms with Crippen molar-refractivity contribution in [2.45, 2.75) is 33.4 Å². The molecule has 8 heteroatoms. The summed E-state index contributed by atoms with van der Waals surface area (Å²) in [5.74, 6) is -0.246. The minimum atomic E-state index is -0.246. The van der Waals surface area contributed by atoms with Crippen LogP contribution in [0.4, 0.5) is 0 Å². The molecule has 0 radical (unpaired) electrons. The Hall–Kier alpha value is -3.12. The Kier molecular flexibility index (Phi) is 6.61. The zero-order chi connectivity index (χ0) is 22.7. The van der Waals surface area contributed by atoms with Gasteiger partial charge in [-0.3, -0.25) is 9.88 Å². The number of benzene rings is 1. The molecule has 2 aromatic heterocycles. The number of pyridine rings is 1. The van der Waals surface area contributed by atoms with Crippen LogP contribution in [-0.4, -0.2) is 45.6 Å². The molecule has 32 heavy (non-hydrogen) atoms. The number of ether oxygens (including phenoxy) is 1. The number of nitriles is 1. The second-order valence-corrected chi connectivity index (χ2v) is 8.94. The lowest BCUT2D eigenvalue weighted by Crippen LogP contribution is -2.28. The number of cyclic esters (lactones) is 1. The fourth-order valence-corrected chi connectivity index (χ4v) is 4.79. The van der Waals surface area contributed by atoms with E-state index in [1.807, 2.05) is 38.2 Å². The van der Waals surface area contributed by atoms with E-state index in [4.69, 9.17) is 10.00 Å². The number of carbonyl (C=O) groups excluding carboxylic acids is 1. The number of aliphatic hydroxyl groups excluding tert-OH is 1. The first-order chi connectivity index (χ1) is 15.5. The molecule has 1 N–H and O–H groups in total. The molecule has 0 saturated heterocycles. The number of aromatic nitrogens is 2. The number of aliphatic hydroxyl groups is 1. The fourth-order valence-electron chi connectivity index (χ4n) is 3.87. The van der Waals surface area contributed by atoms with E-state index in [2.05, 4.69) is 20.9 Å². The number of nitrogens with zero attached hydrogens (tertiary/aromatic N) is 4. The third kappa shape index (κ3) is 4.55. The van der Waals surface area contributed by atoms with E-state index in [1.54, 1.807) is 17.5 Å². The van der Waals surface area contributed by atoms with Crippen LogP contribution in [0.25, 0.3) is 10.7 Å². The third-order valence-corrected chi connectivity index (χ3v) is 6.78. The topological polar surface area (TPSA) is 99.3 Å². The first-order valence-corrected chi connectivity index (χ1v) is 11.2. The molecule has 3 heterocycles. The summed E-state index contributed by atoms with van der Waals surface area (Å²) in [6.45, 7) is 6.37. The van der Waals surface area contributed by atoms with Crippen molar-refractivity contribution in [2.24, 2.45) is 0 Å². The van der Waals surface area contributed by atoms with Crippen LogP contribution in [-0.2, 0) is 24.3 Å². The number of rotatable bonds is 8. The van der Waals surface area contributed by atoms with E-state index in [0.29, 0.717) is 30.8 Å². The molecule has 4 rings (SSSR count). The summed E-state index contributed by atoms with van der Waals surface area (Å²) in [5, 5.41) is 19.4. The Morgan fingerprint density at radius 3 is 2.84 bits per heavy atom. The van der Waals surface area contributed by atoms with Crippen molar-refractivity contribution in [1.82, 2.24) is 14.9 Å². The van der Waals surface area contributed by atoms with E-state index in [0.717, 1.165) is 45.2 Å². The van der Waals surface area contributed by atoms with Gasteiger partial charge in [0.2, 0.25) is 0 Å². The average molecular weight is 449 g/mol. The summed E-state index contributed by atoms with van der Waals surface area (Å²) in [4.78, 5) is 23.9. The summed E-state index contributed by atoms with van der Waals surface area (Å²) in [6, 6.07) is 7.87. The van der Waals surface area contributed by atoms with Crippen molar-refractivity contribution < 1.29 is 14.6 Å². The summed E-state index contributed by atoms with van der Waals surface area (Å²) < 4.78 is 5.15. The molecule has 0 aliphatic carbocycles. The zero-order valence-corrected chi connectivity index (χ0v) is 18.9. The lowest BCUT2D eigenvalue weighted by molar-refractivity contribution is 0.0535. The van der Waals surface area contributed by atoms with Crippen molar-refractivity contribution in [1.29, 1.82) is 5.26 Å². The van der Waals surface area contributed by atoms with Crippen molar-refractivity contribution in [3.8, 4) is 16.8 Å². The number of fused-ring (bicyclic) bond motifs is 1. The maximum atomic E-state index is 11.8. The van der Waals surface area contributed by atoms with E-state index in [1.165, 1.54) is 5.56 Å². The van der Waals surface area contributed by atoms with Crippen molar-refractivity contribution in [2.75, 3.05) is 19.7 Å². The Balaban J connectivity index is 1.44. The lowest BCUT2D eigenvalue weighted by Gasteiger charge is -2.21. The molecule has 3 aromatic rings. The average Bonchev–Trinajstić information content (AvgIpc) is 3.40. The largest absolute Gasteiger partial charge is 0.457 e.